The van der Waals surface area contributed by atoms with Crippen molar-refractivity contribution in [3.05, 3.63) is 34.6 Å². The number of nitrogens with zero attached hydrogens (tertiary/aromatic N) is 4. The molecule has 2 aromatic rings. The Morgan fingerprint density at radius 3 is 2.41 bits per heavy atom. The average Bonchev–Trinajstić information content (AvgIpc) is 2.70. The fraction of sp³-hybridized carbons (Fsp3) is 0.522. The molecule has 2 N–H and O–H groups in total. The lowest BCUT2D eigenvalue weighted by Crippen LogP contribution is -2.45. The van der Waals surface area contributed by atoms with Crippen LogP contribution >= 0.6 is 11.6 Å². The topological polar surface area (TPSA) is 86.1 Å². The molecule has 2 rings (SSSR count). The number of hydrogen-bond acceptors (Lipinski definition) is 7. The molecule has 0 aromatic carbocycles. The highest BCUT2D eigenvalue weighted by atomic mass is 35.5. The Hall–Kier alpha value is -2.34. The molecule has 32 heavy (non-hydrogen) atoms. The van der Waals surface area contributed by atoms with Crippen LogP contribution in [0.3, 0.4) is 0 Å². The monoisotopic (exact) mass is 474 g/mol. The largest absolute Gasteiger partial charge is 0.412 e. The third kappa shape index (κ3) is 5.71. The quantitative estimate of drug-likeness (QED) is 0.457. The van der Waals surface area contributed by atoms with Crippen LogP contribution in [0.25, 0.3) is 0 Å². The summed E-state index contributed by atoms with van der Waals surface area (Å²) in [6, 6.07) is 5.72. The first-order valence-corrected chi connectivity index (χ1v) is 14.0. The van der Waals surface area contributed by atoms with Gasteiger partial charge in [0.25, 0.3) is 0 Å². The minimum absolute atomic E-state index is 0.0616. The van der Waals surface area contributed by atoms with Crippen molar-refractivity contribution < 1.29 is 4.43 Å². The lowest BCUT2D eigenvalue weighted by molar-refractivity contribution is 0.206. The zero-order chi connectivity index (χ0) is 24.3. The van der Waals surface area contributed by atoms with E-state index in [9.17, 15) is 5.26 Å². The van der Waals surface area contributed by atoms with E-state index in [4.69, 9.17) is 21.0 Å². The van der Waals surface area contributed by atoms with Crippen molar-refractivity contribution in [3.8, 4) is 6.07 Å². The van der Waals surface area contributed by atoms with Crippen molar-refractivity contribution in [2.45, 2.75) is 58.9 Å². The summed E-state index contributed by atoms with van der Waals surface area (Å²) in [6.45, 7) is 15.8. The molecular weight excluding hydrogens is 440 g/mol. The van der Waals surface area contributed by atoms with Crippen LogP contribution in [-0.4, -0.2) is 45.0 Å². The molecular formula is C23H35ClN6OSi. The van der Waals surface area contributed by atoms with Crippen molar-refractivity contribution in [1.82, 2.24) is 9.97 Å². The molecule has 0 aliphatic rings. The van der Waals surface area contributed by atoms with Crippen molar-refractivity contribution in [1.29, 1.82) is 5.26 Å². The van der Waals surface area contributed by atoms with Crippen molar-refractivity contribution in [2.24, 2.45) is 0 Å². The van der Waals surface area contributed by atoms with Gasteiger partial charge in [0.2, 0.25) is 0 Å². The van der Waals surface area contributed by atoms with Crippen LogP contribution in [-0.2, 0) is 4.43 Å². The molecule has 0 saturated heterocycles. The van der Waals surface area contributed by atoms with Gasteiger partial charge in [-0.25, -0.2) is 9.97 Å². The summed E-state index contributed by atoms with van der Waals surface area (Å²) < 4.78 is 6.63. The number of aryl methyl sites for hydroxylation is 1. The van der Waals surface area contributed by atoms with Gasteiger partial charge in [0.15, 0.2) is 14.1 Å². The van der Waals surface area contributed by atoms with Gasteiger partial charge < -0.3 is 20.0 Å². The molecule has 1 atom stereocenters. The van der Waals surface area contributed by atoms with Gasteiger partial charge in [0.1, 0.15) is 17.6 Å². The molecule has 174 valence electrons. The molecule has 0 radical (unpaired) electrons. The number of nitrogens with one attached hydrogen (secondary N) is 2. The van der Waals surface area contributed by atoms with Crippen LogP contribution in [0, 0.1) is 18.3 Å². The molecule has 0 aliphatic carbocycles. The predicted octanol–water partition coefficient (Wildman–Crippen LogP) is 5.94. The molecule has 0 amide bonds. The normalized spacial score (nSPS) is 12.8. The Bertz CT molecular complexity index is 999. The highest BCUT2D eigenvalue weighted by Crippen LogP contribution is 2.39. The second-order valence-electron chi connectivity index (χ2n) is 9.45. The minimum Gasteiger partial charge on any atom is -0.412 e. The maximum Gasteiger partial charge on any atom is 0.192 e. The van der Waals surface area contributed by atoms with Crippen molar-refractivity contribution in [2.75, 3.05) is 36.2 Å². The van der Waals surface area contributed by atoms with E-state index in [2.05, 4.69) is 67.4 Å². The van der Waals surface area contributed by atoms with E-state index in [0.29, 0.717) is 28.9 Å². The molecule has 1 unspecified atom stereocenters. The number of rotatable bonds is 8. The summed E-state index contributed by atoms with van der Waals surface area (Å²) >= 11 is 6.58. The van der Waals surface area contributed by atoms with E-state index >= 15 is 0 Å². The SMILES string of the molecule is CNc1nc(N(CC(C)O[Si](C)(C)C(C)(C)C)c2cnc(C#N)cc2C)cc(Cl)c1NC. The van der Waals surface area contributed by atoms with Crippen molar-refractivity contribution in [3.63, 3.8) is 0 Å². The summed E-state index contributed by atoms with van der Waals surface area (Å²) in [7, 11) is 1.66. The van der Waals surface area contributed by atoms with Gasteiger partial charge in [-0.15, -0.1) is 0 Å². The number of pyridine rings is 2. The molecule has 2 aromatic heterocycles. The van der Waals surface area contributed by atoms with E-state index in [1.165, 1.54) is 0 Å². The minimum atomic E-state index is -1.96. The summed E-state index contributed by atoms with van der Waals surface area (Å²) in [5, 5.41) is 16.1. The number of anilines is 4. The van der Waals surface area contributed by atoms with Crippen LogP contribution in [0.1, 0.15) is 39.0 Å². The summed E-state index contributed by atoms with van der Waals surface area (Å²) in [5.41, 5.74) is 2.90. The third-order valence-corrected chi connectivity index (χ3v) is 10.9. The first-order valence-electron chi connectivity index (χ1n) is 10.7. The van der Waals surface area contributed by atoms with E-state index in [0.717, 1.165) is 16.9 Å². The van der Waals surface area contributed by atoms with Crippen molar-refractivity contribution >= 4 is 42.9 Å². The average molecular weight is 475 g/mol. The Kier molecular flexibility index (Phi) is 8.15. The summed E-state index contributed by atoms with van der Waals surface area (Å²) in [5.74, 6) is 1.33. The van der Waals surface area contributed by atoms with Crippen LogP contribution in [0.4, 0.5) is 23.0 Å². The van der Waals surface area contributed by atoms with E-state index in [1.807, 2.05) is 27.1 Å². The lowest BCUT2D eigenvalue weighted by atomic mass is 10.2. The number of hydrogen-bond donors (Lipinski definition) is 2. The standard InChI is InChI=1S/C23H35ClN6OSi/c1-15-10-17(12-25)28-13-19(15)30(14-16(2)31-32(8,9)23(3,4)5)20-11-18(24)21(26-6)22(27-7)29-20/h10-11,13,16,26H,14H2,1-9H3,(H,27,29). The van der Waals surface area contributed by atoms with Crippen LogP contribution in [0.15, 0.2) is 18.3 Å². The second-order valence-corrected chi connectivity index (χ2v) is 14.6. The van der Waals surface area contributed by atoms with Gasteiger partial charge in [-0.05, 0) is 43.6 Å². The number of aromatic nitrogens is 2. The molecule has 0 saturated carbocycles. The zero-order valence-electron chi connectivity index (χ0n) is 20.6. The highest BCUT2D eigenvalue weighted by molar-refractivity contribution is 6.74. The lowest BCUT2D eigenvalue weighted by Gasteiger charge is -2.40. The number of nitriles is 1. The maximum atomic E-state index is 9.23. The summed E-state index contributed by atoms with van der Waals surface area (Å²) in [4.78, 5) is 11.2. The molecule has 0 spiro atoms. The first-order chi connectivity index (χ1) is 14.8. The van der Waals surface area contributed by atoms with Gasteiger partial charge in [-0.2, -0.15) is 5.26 Å². The van der Waals surface area contributed by atoms with Crippen LogP contribution < -0.4 is 15.5 Å². The van der Waals surface area contributed by atoms with Crippen LogP contribution in [0.5, 0.6) is 0 Å². The predicted molar refractivity (Wildman–Crippen MR) is 137 cm³/mol. The van der Waals surface area contributed by atoms with E-state index < -0.39 is 8.32 Å². The second kappa shape index (κ2) is 10.1. The van der Waals surface area contributed by atoms with Gasteiger partial charge in [0, 0.05) is 26.7 Å². The molecule has 0 fully saturated rings. The third-order valence-electron chi connectivity index (χ3n) is 5.95. The van der Waals surface area contributed by atoms with Gasteiger partial charge in [-0.1, -0.05) is 32.4 Å². The van der Waals surface area contributed by atoms with Gasteiger partial charge in [0.05, 0.1) is 28.7 Å². The van der Waals surface area contributed by atoms with Gasteiger partial charge in [-0.3, -0.25) is 0 Å². The van der Waals surface area contributed by atoms with Gasteiger partial charge >= 0.3 is 0 Å². The Labute approximate surface area is 198 Å². The fourth-order valence-corrected chi connectivity index (χ4v) is 4.96. The molecule has 2 heterocycles. The first kappa shape index (κ1) is 25.9. The number of halogens is 1. The fourth-order valence-electron chi connectivity index (χ4n) is 3.24. The Morgan fingerprint density at radius 1 is 1.25 bits per heavy atom. The molecule has 7 nitrogen and oxygen atoms in total. The molecule has 0 aliphatic heterocycles. The van der Waals surface area contributed by atoms with Crippen LogP contribution in [0.2, 0.25) is 23.2 Å². The Balaban J connectivity index is 2.55. The maximum absolute atomic E-state index is 9.23. The molecule has 9 heteroatoms. The smallest absolute Gasteiger partial charge is 0.192 e. The Morgan fingerprint density at radius 2 is 1.91 bits per heavy atom. The highest BCUT2D eigenvalue weighted by Gasteiger charge is 2.38. The summed E-state index contributed by atoms with van der Waals surface area (Å²) in [6.07, 6.45) is 1.65. The van der Waals surface area contributed by atoms with E-state index in [1.54, 1.807) is 12.3 Å². The van der Waals surface area contributed by atoms with E-state index in [-0.39, 0.29) is 11.1 Å². The molecule has 0 bridgehead atoms. The zero-order valence-corrected chi connectivity index (χ0v) is 22.3.